The van der Waals surface area contributed by atoms with E-state index in [4.69, 9.17) is 4.74 Å². The van der Waals surface area contributed by atoms with Gasteiger partial charge in [0.2, 0.25) is 0 Å². The van der Waals surface area contributed by atoms with E-state index in [9.17, 15) is 19.5 Å². The summed E-state index contributed by atoms with van der Waals surface area (Å²) >= 11 is 0. The highest BCUT2D eigenvalue weighted by Gasteiger charge is 2.70. The van der Waals surface area contributed by atoms with Gasteiger partial charge in [-0.15, -0.1) is 0 Å². The standard InChI is InChI=1S/C32H48O5/c1-19(33)37-24-10-11-30(6)23(27(24,2)3)9-12-32(8)25(30)22(34)17-20-21-18-29(5,26(35)36)14-13-28(21,4)15-16-31(20,32)7/h17,21,23-25H,9-16,18H2,1-8H3,(H,35,36)/t21?,23?,24?,25?,28-,29-,30-,31-,32+/m1/s1. The van der Waals surface area contributed by atoms with E-state index in [1.165, 1.54) is 12.5 Å². The number of carboxylic acids is 1. The van der Waals surface area contributed by atoms with Crippen molar-refractivity contribution < 1.29 is 24.2 Å². The molecular weight excluding hydrogens is 464 g/mol. The zero-order chi connectivity index (χ0) is 27.4. The van der Waals surface area contributed by atoms with Crippen LogP contribution in [0.15, 0.2) is 11.6 Å². The number of ether oxygens (including phenoxy) is 1. The highest BCUT2D eigenvalue weighted by atomic mass is 16.5. The average molecular weight is 513 g/mol. The third-order valence-electron chi connectivity index (χ3n) is 13.3. The van der Waals surface area contributed by atoms with Crippen molar-refractivity contribution in [1.29, 1.82) is 0 Å². The monoisotopic (exact) mass is 512 g/mol. The Labute approximate surface area is 223 Å². The Bertz CT molecular complexity index is 1070. The fraction of sp³-hybridized carbons (Fsp3) is 0.844. The molecule has 206 valence electrons. The molecule has 0 aromatic rings. The largest absolute Gasteiger partial charge is 0.481 e. The minimum Gasteiger partial charge on any atom is -0.481 e. The SMILES string of the molecule is CC(=O)OC1CC[C@]2(C)C(CC[C@@]3(C)C2C(=O)C=C2C4C[C@](C)(C(=O)O)CC[C@]4(C)CC[C@]23C)C1(C)C. The number of allylic oxidation sites excluding steroid dienone is 2. The van der Waals surface area contributed by atoms with Gasteiger partial charge in [0.05, 0.1) is 5.41 Å². The van der Waals surface area contributed by atoms with Crippen LogP contribution in [0.5, 0.6) is 0 Å². The lowest BCUT2D eigenvalue weighted by Crippen LogP contribution is -2.66. The Morgan fingerprint density at radius 1 is 0.919 bits per heavy atom. The van der Waals surface area contributed by atoms with Crippen molar-refractivity contribution in [3.63, 3.8) is 0 Å². The Kier molecular flexibility index (Phi) is 5.78. The maximum absolute atomic E-state index is 14.4. The molecule has 5 nitrogen and oxygen atoms in total. The van der Waals surface area contributed by atoms with E-state index in [-0.39, 0.29) is 56.8 Å². The van der Waals surface area contributed by atoms with Gasteiger partial charge in [-0.05, 0) is 104 Å². The van der Waals surface area contributed by atoms with Gasteiger partial charge >= 0.3 is 11.9 Å². The fourth-order valence-electron chi connectivity index (χ4n) is 10.8. The second-order valence-corrected chi connectivity index (χ2v) is 15.5. The normalized spacial score (nSPS) is 50.5. The molecule has 37 heavy (non-hydrogen) atoms. The molecule has 0 amide bonds. The molecule has 0 saturated heterocycles. The van der Waals surface area contributed by atoms with Crippen LogP contribution in [-0.2, 0) is 19.1 Å². The van der Waals surface area contributed by atoms with Crippen LogP contribution >= 0.6 is 0 Å². The van der Waals surface area contributed by atoms with E-state index in [0.29, 0.717) is 18.8 Å². The van der Waals surface area contributed by atoms with Gasteiger partial charge in [-0.1, -0.05) is 47.1 Å². The number of esters is 1. The first-order valence-electron chi connectivity index (χ1n) is 14.6. The third kappa shape index (κ3) is 3.43. The number of carbonyl (C=O) groups excluding carboxylic acids is 2. The molecule has 4 saturated carbocycles. The van der Waals surface area contributed by atoms with E-state index in [1.807, 2.05) is 13.0 Å². The van der Waals surface area contributed by atoms with Crippen molar-refractivity contribution >= 4 is 17.7 Å². The molecule has 0 heterocycles. The average Bonchev–Trinajstić information content (AvgIpc) is 2.78. The third-order valence-corrected chi connectivity index (χ3v) is 13.3. The summed E-state index contributed by atoms with van der Waals surface area (Å²) in [6.45, 7) is 17.4. The molecule has 0 aromatic carbocycles. The summed E-state index contributed by atoms with van der Waals surface area (Å²) in [6.07, 6.45) is 10.0. The number of carboxylic acid groups (broad SMARTS) is 1. The van der Waals surface area contributed by atoms with Crippen molar-refractivity contribution in [1.82, 2.24) is 0 Å². The molecule has 0 radical (unpaired) electrons. The van der Waals surface area contributed by atoms with Crippen LogP contribution in [0.1, 0.15) is 113 Å². The van der Waals surface area contributed by atoms with Crippen LogP contribution in [0.3, 0.4) is 0 Å². The molecule has 4 unspecified atom stereocenters. The number of hydrogen-bond donors (Lipinski definition) is 1. The van der Waals surface area contributed by atoms with Crippen molar-refractivity contribution in [3.8, 4) is 0 Å². The highest BCUT2D eigenvalue weighted by molar-refractivity contribution is 5.95. The minimum atomic E-state index is -0.729. The quantitative estimate of drug-likeness (QED) is 0.404. The molecule has 0 aliphatic heterocycles. The van der Waals surface area contributed by atoms with Gasteiger partial charge < -0.3 is 9.84 Å². The maximum Gasteiger partial charge on any atom is 0.309 e. The summed E-state index contributed by atoms with van der Waals surface area (Å²) in [5.41, 5.74) is -0.0327. The van der Waals surface area contributed by atoms with Crippen LogP contribution in [0.25, 0.3) is 0 Å². The lowest BCUT2D eigenvalue weighted by Gasteiger charge is -2.70. The first-order valence-corrected chi connectivity index (χ1v) is 14.6. The van der Waals surface area contributed by atoms with Crippen molar-refractivity contribution in [2.75, 3.05) is 0 Å². The summed E-state index contributed by atoms with van der Waals surface area (Å²) in [5, 5.41) is 10.1. The molecular formula is C32H48O5. The minimum absolute atomic E-state index is 0.0644. The van der Waals surface area contributed by atoms with Crippen molar-refractivity contribution in [3.05, 3.63) is 11.6 Å². The van der Waals surface area contributed by atoms with Gasteiger partial charge in [0, 0.05) is 18.3 Å². The molecule has 0 spiro atoms. The summed E-state index contributed by atoms with van der Waals surface area (Å²) in [7, 11) is 0. The fourth-order valence-corrected chi connectivity index (χ4v) is 10.8. The van der Waals surface area contributed by atoms with Crippen LogP contribution in [-0.4, -0.2) is 28.9 Å². The predicted octanol–water partition coefficient (Wildman–Crippen LogP) is 6.98. The van der Waals surface area contributed by atoms with Gasteiger partial charge in [0.15, 0.2) is 5.78 Å². The first kappa shape index (κ1) is 26.9. The Morgan fingerprint density at radius 3 is 2.19 bits per heavy atom. The number of rotatable bonds is 2. The Balaban J connectivity index is 1.58. The molecule has 4 fully saturated rings. The second-order valence-electron chi connectivity index (χ2n) is 15.5. The molecule has 0 aromatic heterocycles. The number of carbonyl (C=O) groups is 3. The molecule has 1 N–H and O–H groups in total. The van der Waals surface area contributed by atoms with Crippen LogP contribution in [0.2, 0.25) is 0 Å². The van der Waals surface area contributed by atoms with Gasteiger partial charge in [-0.2, -0.15) is 0 Å². The van der Waals surface area contributed by atoms with Crippen LogP contribution in [0, 0.1) is 50.2 Å². The molecule has 5 aliphatic rings. The van der Waals surface area contributed by atoms with E-state index < -0.39 is 11.4 Å². The van der Waals surface area contributed by atoms with E-state index in [2.05, 4.69) is 41.5 Å². The zero-order valence-electron chi connectivity index (χ0n) is 24.3. The summed E-state index contributed by atoms with van der Waals surface area (Å²) < 4.78 is 5.82. The number of hydrogen-bond acceptors (Lipinski definition) is 4. The molecule has 0 bridgehead atoms. The van der Waals surface area contributed by atoms with E-state index >= 15 is 0 Å². The predicted molar refractivity (Wildman–Crippen MR) is 143 cm³/mol. The summed E-state index contributed by atoms with van der Waals surface area (Å²) in [5.74, 6) is -0.280. The molecule has 9 atom stereocenters. The van der Waals surface area contributed by atoms with E-state index in [0.717, 1.165) is 44.9 Å². The Hall–Kier alpha value is -1.65. The highest BCUT2D eigenvalue weighted by Crippen LogP contribution is 2.75. The first-order chi connectivity index (χ1) is 16.9. The van der Waals surface area contributed by atoms with Gasteiger partial charge in [-0.3, -0.25) is 14.4 Å². The van der Waals surface area contributed by atoms with E-state index in [1.54, 1.807) is 0 Å². The molecule has 5 aliphatic carbocycles. The maximum atomic E-state index is 14.4. The lowest BCUT2D eigenvalue weighted by atomic mass is 9.33. The number of fused-ring (bicyclic) bond motifs is 7. The smallest absolute Gasteiger partial charge is 0.309 e. The topological polar surface area (TPSA) is 80.7 Å². The summed E-state index contributed by atoms with van der Waals surface area (Å²) in [4.78, 5) is 38.5. The summed E-state index contributed by atoms with van der Waals surface area (Å²) in [6, 6.07) is 0. The van der Waals surface area contributed by atoms with Gasteiger partial charge in [0.1, 0.15) is 6.10 Å². The molecule has 5 rings (SSSR count). The van der Waals surface area contributed by atoms with Crippen molar-refractivity contribution in [2.24, 2.45) is 50.2 Å². The number of aliphatic carboxylic acids is 1. The number of ketones is 1. The van der Waals surface area contributed by atoms with Crippen LogP contribution < -0.4 is 0 Å². The second kappa shape index (κ2) is 7.94. The zero-order valence-corrected chi connectivity index (χ0v) is 24.3. The van der Waals surface area contributed by atoms with Gasteiger partial charge in [-0.25, -0.2) is 0 Å². The van der Waals surface area contributed by atoms with Gasteiger partial charge in [0.25, 0.3) is 0 Å². The molecule has 5 heteroatoms. The van der Waals surface area contributed by atoms with Crippen LogP contribution in [0.4, 0.5) is 0 Å². The lowest BCUT2D eigenvalue weighted by molar-refractivity contribution is -0.210. The van der Waals surface area contributed by atoms with Crippen molar-refractivity contribution in [2.45, 2.75) is 119 Å². The Morgan fingerprint density at radius 2 is 1.57 bits per heavy atom.